The van der Waals surface area contributed by atoms with E-state index in [1.807, 2.05) is 0 Å². The fourth-order valence-electron chi connectivity index (χ4n) is 1.53. The maximum Gasteiger partial charge on any atom is 0.326 e. The van der Waals surface area contributed by atoms with E-state index in [0.717, 1.165) is 0 Å². The van der Waals surface area contributed by atoms with Crippen LogP contribution in [0, 0.1) is 13.8 Å². The van der Waals surface area contributed by atoms with E-state index in [1.165, 1.54) is 0 Å². The van der Waals surface area contributed by atoms with Crippen molar-refractivity contribution in [1.29, 1.82) is 0 Å². The van der Waals surface area contributed by atoms with Crippen LogP contribution in [0.5, 0.6) is 0 Å². The van der Waals surface area contributed by atoms with E-state index >= 15 is 0 Å². The number of primary amides is 1. The average Bonchev–Trinajstić information content (AvgIpc) is 2.65. The molecule has 0 aliphatic carbocycles. The third-order valence-electron chi connectivity index (χ3n) is 2.62. The summed E-state index contributed by atoms with van der Waals surface area (Å²) in [7, 11) is 0. The highest BCUT2D eigenvalue weighted by Crippen LogP contribution is 2.11. The third kappa shape index (κ3) is 4.26. The zero-order chi connectivity index (χ0) is 15.3. The number of hydrogen-bond acceptors (Lipinski definition) is 5. The Kier molecular flexibility index (Phi) is 5.07. The highest BCUT2D eigenvalue weighted by atomic mass is 16.5. The van der Waals surface area contributed by atoms with Crippen molar-refractivity contribution in [3.63, 3.8) is 0 Å². The lowest BCUT2D eigenvalue weighted by atomic mass is 10.2. The number of aryl methyl sites for hydroxylation is 2. The smallest absolute Gasteiger partial charge is 0.326 e. The number of carboxylic acids is 1. The first-order chi connectivity index (χ1) is 9.31. The van der Waals surface area contributed by atoms with E-state index in [0.29, 0.717) is 17.0 Å². The zero-order valence-electron chi connectivity index (χ0n) is 11.1. The molecule has 0 aliphatic heterocycles. The van der Waals surface area contributed by atoms with E-state index in [1.54, 1.807) is 13.8 Å². The normalized spacial score (nSPS) is 11.7. The van der Waals surface area contributed by atoms with E-state index in [9.17, 15) is 14.4 Å². The molecule has 3 amide bonds. The van der Waals surface area contributed by atoms with Crippen LogP contribution in [0.2, 0.25) is 0 Å². The van der Waals surface area contributed by atoms with E-state index in [-0.39, 0.29) is 6.54 Å². The van der Waals surface area contributed by atoms with Gasteiger partial charge in [-0.2, -0.15) is 0 Å². The number of rotatable bonds is 6. The highest BCUT2D eigenvalue weighted by molar-refractivity contribution is 5.87. The molecular formula is C11H16N4O5. The van der Waals surface area contributed by atoms with Crippen molar-refractivity contribution in [3.8, 4) is 0 Å². The number of nitrogens with two attached hydrogens (primary N) is 1. The summed E-state index contributed by atoms with van der Waals surface area (Å²) in [5.74, 6) is -1.59. The van der Waals surface area contributed by atoms with Crippen LogP contribution in [0.4, 0.5) is 4.79 Å². The number of aliphatic carboxylic acids is 1. The third-order valence-corrected chi connectivity index (χ3v) is 2.62. The van der Waals surface area contributed by atoms with Crippen molar-refractivity contribution in [3.05, 3.63) is 17.0 Å². The van der Waals surface area contributed by atoms with Gasteiger partial charge in [0.1, 0.15) is 11.8 Å². The van der Waals surface area contributed by atoms with E-state index in [4.69, 9.17) is 15.4 Å². The second-order valence-electron chi connectivity index (χ2n) is 4.19. The highest BCUT2D eigenvalue weighted by Gasteiger charge is 2.22. The van der Waals surface area contributed by atoms with Crippen LogP contribution in [-0.2, 0) is 16.1 Å². The predicted molar refractivity (Wildman–Crippen MR) is 66.6 cm³/mol. The molecule has 0 aliphatic rings. The standard InChI is InChI=1S/C11H16N4O5/c1-5-7(6(2)20-15-5)4-13-11(19)14-8(10(17)18)3-9(12)16/h8H,3-4H2,1-2H3,(H2,12,16)(H,17,18)(H2,13,14,19)/t8-/m1/s1. The quantitative estimate of drug-likeness (QED) is 0.549. The zero-order valence-corrected chi connectivity index (χ0v) is 11.1. The lowest BCUT2D eigenvalue weighted by Crippen LogP contribution is -2.47. The van der Waals surface area contributed by atoms with Gasteiger partial charge >= 0.3 is 12.0 Å². The van der Waals surface area contributed by atoms with Crippen LogP contribution < -0.4 is 16.4 Å². The number of carbonyl (C=O) groups is 3. The minimum Gasteiger partial charge on any atom is -0.480 e. The van der Waals surface area contributed by atoms with Gasteiger partial charge in [-0.05, 0) is 13.8 Å². The monoisotopic (exact) mass is 284 g/mol. The Morgan fingerprint density at radius 3 is 2.50 bits per heavy atom. The average molecular weight is 284 g/mol. The fraction of sp³-hybridized carbons (Fsp3) is 0.455. The van der Waals surface area contributed by atoms with Crippen LogP contribution in [0.3, 0.4) is 0 Å². The van der Waals surface area contributed by atoms with Gasteiger partial charge in [-0.15, -0.1) is 0 Å². The molecule has 0 radical (unpaired) electrons. The topological polar surface area (TPSA) is 148 Å². The van der Waals surface area contributed by atoms with Gasteiger partial charge in [0.15, 0.2) is 0 Å². The first-order valence-electron chi connectivity index (χ1n) is 5.78. The van der Waals surface area contributed by atoms with Gasteiger partial charge in [-0.3, -0.25) is 4.79 Å². The van der Waals surface area contributed by atoms with Crippen molar-refractivity contribution in [1.82, 2.24) is 15.8 Å². The Hall–Kier alpha value is -2.58. The number of carboxylic acid groups (broad SMARTS) is 1. The van der Waals surface area contributed by atoms with Crippen molar-refractivity contribution >= 4 is 17.9 Å². The molecule has 1 atom stereocenters. The number of amides is 3. The van der Waals surface area contributed by atoms with Crippen LogP contribution in [0.1, 0.15) is 23.4 Å². The first kappa shape index (κ1) is 15.5. The SMILES string of the molecule is Cc1noc(C)c1CNC(=O)N[C@H](CC(N)=O)C(=O)O. The van der Waals surface area contributed by atoms with Crippen molar-refractivity contribution < 1.29 is 24.0 Å². The lowest BCUT2D eigenvalue weighted by molar-refractivity contribution is -0.140. The fourth-order valence-corrected chi connectivity index (χ4v) is 1.53. The molecule has 1 rings (SSSR count). The first-order valence-corrected chi connectivity index (χ1v) is 5.78. The summed E-state index contributed by atoms with van der Waals surface area (Å²) in [5.41, 5.74) is 6.25. The van der Waals surface area contributed by atoms with Gasteiger partial charge in [-0.1, -0.05) is 5.16 Å². The van der Waals surface area contributed by atoms with Crippen LogP contribution in [-0.4, -0.2) is 34.2 Å². The molecule has 1 aromatic rings. The molecule has 0 aromatic carbocycles. The Balaban J connectivity index is 2.54. The van der Waals surface area contributed by atoms with Gasteiger partial charge in [0.2, 0.25) is 5.91 Å². The van der Waals surface area contributed by atoms with E-state index in [2.05, 4.69) is 15.8 Å². The summed E-state index contributed by atoms with van der Waals surface area (Å²) in [6, 6.07) is -2.09. The van der Waals surface area contributed by atoms with Gasteiger partial charge in [-0.25, -0.2) is 9.59 Å². The molecule has 0 saturated carbocycles. The minimum atomic E-state index is -1.36. The molecule has 0 unspecified atom stereocenters. The van der Waals surface area contributed by atoms with Crippen molar-refractivity contribution in [2.75, 3.05) is 0 Å². The maximum absolute atomic E-state index is 11.6. The Labute approximate surface area is 114 Å². The summed E-state index contributed by atoms with van der Waals surface area (Å²) in [5, 5.41) is 17.2. The molecular weight excluding hydrogens is 268 g/mol. The van der Waals surface area contributed by atoms with Crippen LogP contribution in [0.25, 0.3) is 0 Å². The van der Waals surface area contributed by atoms with Gasteiger partial charge in [0.25, 0.3) is 0 Å². The number of aromatic nitrogens is 1. The number of nitrogens with one attached hydrogen (secondary N) is 2. The molecule has 9 heteroatoms. The van der Waals surface area contributed by atoms with E-state index < -0.39 is 30.4 Å². The number of nitrogens with zero attached hydrogens (tertiary/aromatic N) is 1. The molecule has 110 valence electrons. The van der Waals surface area contributed by atoms with Crippen molar-refractivity contribution in [2.45, 2.75) is 32.9 Å². The second kappa shape index (κ2) is 6.55. The molecule has 20 heavy (non-hydrogen) atoms. The minimum absolute atomic E-state index is 0.135. The Morgan fingerprint density at radius 2 is 2.05 bits per heavy atom. The molecule has 5 N–H and O–H groups in total. The largest absolute Gasteiger partial charge is 0.480 e. The summed E-state index contributed by atoms with van der Waals surface area (Å²) < 4.78 is 4.92. The number of hydrogen-bond donors (Lipinski definition) is 4. The lowest BCUT2D eigenvalue weighted by Gasteiger charge is -2.13. The van der Waals surface area contributed by atoms with Crippen LogP contribution in [0.15, 0.2) is 4.52 Å². The molecule has 9 nitrogen and oxygen atoms in total. The summed E-state index contributed by atoms with van der Waals surface area (Å²) in [6.07, 6.45) is -0.478. The van der Waals surface area contributed by atoms with Gasteiger partial charge in [0.05, 0.1) is 12.1 Å². The molecule has 1 aromatic heterocycles. The Bertz CT molecular complexity index is 505. The number of carbonyl (C=O) groups excluding carboxylic acids is 2. The van der Waals surface area contributed by atoms with Gasteiger partial charge in [0, 0.05) is 12.1 Å². The summed E-state index contributed by atoms with van der Waals surface area (Å²) >= 11 is 0. The molecule has 0 spiro atoms. The maximum atomic E-state index is 11.6. The summed E-state index contributed by atoms with van der Waals surface area (Å²) in [6.45, 7) is 3.55. The molecule has 0 saturated heterocycles. The molecule has 1 heterocycles. The Morgan fingerprint density at radius 1 is 1.40 bits per heavy atom. The van der Waals surface area contributed by atoms with Crippen LogP contribution >= 0.6 is 0 Å². The van der Waals surface area contributed by atoms with Gasteiger partial charge < -0.3 is 26.0 Å². The molecule has 0 bridgehead atoms. The summed E-state index contributed by atoms with van der Waals surface area (Å²) in [4.78, 5) is 33.1. The predicted octanol–water partition coefficient (Wildman–Crippen LogP) is -0.581. The second-order valence-corrected chi connectivity index (χ2v) is 4.19. The number of urea groups is 1. The van der Waals surface area contributed by atoms with Crippen molar-refractivity contribution in [2.24, 2.45) is 5.73 Å². The molecule has 0 fully saturated rings.